The smallest absolute Gasteiger partial charge is 0.251 e. The van der Waals surface area contributed by atoms with Gasteiger partial charge in [0.15, 0.2) is 0 Å². The van der Waals surface area contributed by atoms with Crippen LogP contribution in [-0.2, 0) is 11.3 Å². The molecule has 0 spiro atoms. The Bertz CT molecular complexity index is 750. The molecule has 1 aromatic heterocycles. The molecule has 0 aliphatic rings. The molecular weight excluding hydrogens is 344 g/mol. The van der Waals surface area contributed by atoms with E-state index in [1.54, 1.807) is 36.3 Å². The lowest BCUT2D eigenvalue weighted by molar-refractivity contribution is -0.133. The Hall–Kier alpha value is -2.76. The maximum atomic E-state index is 12.5. The zero-order valence-corrected chi connectivity index (χ0v) is 16.5. The number of amides is 2. The molecule has 0 aliphatic carbocycles. The van der Waals surface area contributed by atoms with Crippen molar-refractivity contribution in [3.63, 3.8) is 0 Å². The summed E-state index contributed by atoms with van der Waals surface area (Å²) in [5.41, 5.74) is 0.569. The zero-order chi connectivity index (χ0) is 19.8. The van der Waals surface area contributed by atoms with E-state index in [-0.39, 0.29) is 17.9 Å². The lowest BCUT2D eigenvalue weighted by atomic mass is 10.2. The van der Waals surface area contributed by atoms with E-state index >= 15 is 0 Å². The molecule has 6 heteroatoms. The van der Waals surface area contributed by atoms with Crippen LogP contribution in [-0.4, -0.2) is 36.4 Å². The maximum Gasteiger partial charge on any atom is 0.251 e. The molecule has 0 saturated heterocycles. The van der Waals surface area contributed by atoms with Gasteiger partial charge in [0.25, 0.3) is 5.91 Å². The minimum absolute atomic E-state index is 0.0535. The normalized spacial score (nSPS) is 10.7. The topological polar surface area (TPSA) is 71.8 Å². The van der Waals surface area contributed by atoms with Gasteiger partial charge < -0.3 is 19.4 Å². The third-order valence-corrected chi connectivity index (χ3v) is 4.27. The number of nitrogens with zero attached hydrogens (tertiary/aromatic N) is 1. The molecule has 1 heterocycles. The van der Waals surface area contributed by atoms with Crippen LogP contribution < -0.4 is 10.1 Å². The van der Waals surface area contributed by atoms with Crippen LogP contribution in [0, 0.1) is 6.92 Å². The number of benzene rings is 1. The molecule has 2 amide bonds. The largest absolute Gasteiger partial charge is 0.497 e. The molecule has 0 fully saturated rings. The van der Waals surface area contributed by atoms with Crippen molar-refractivity contribution in [2.24, 2.45) is 0 Å². The van der Waals surface area contributed by atoms with Gasteiger partial charge >= 0.3 is 0 Å². The Morgan fingerprint density at radius 3 is 2.41 bits per heavy atom. The van der Waals surface area contributed by atoms with Crippen molar-refractivity contribution in [1.29, 1.82) is 0 Å². The highest BCUT2D eigenvalue weighted by atomic mass is 16.5. The maximum absolute atomic E-state index is 12.5. The van der Waals surface area contributed by atoms with Crippen molar-refractivity contribution in [3.8, 4) is 5.75 Å². The first kappa shape index (κ1) is 20.6. The number of ether oxygens (including phenoxy) is 1. The van der Waals surface area contributed by atoms with Crippen molar-refractivity contribution < 1.29 is 18.7 Å². The molecule has 0 aliphatic heterocycles. The summed E-state index contributed by atoms with van der Waals surface area (Å²) >= 11 is 0. The molecule has 0 unspecified atom stereocenters. The van der Waals surface area contributed by atoms with Crippen molar-refractivity contribution in [2.75, 3.05) is 13.7 Å². The van der Waals surface area contributed by atoms with Crippen LogP contribution in [0.3, 0.4) is 0 Å². The highest BCUT2D eigenvalue weighted by molar-refractivity contribution is 5.94. The van der Waals surface area contributed by atoms with Crippen LogP contribution in [0.15, 0.2) is 40.8 Å². The fraction of sp³-hybridized carbons (Fsp3) is 0.429. The number of hydrogen-bond acceptors (Lipinski definition) is 4. The Kier molecular flexibility index (Phi) is 7.46. The van der Waals surface area contributed by atoms with E-state index < -0.39 is 0 Å². The Balaban J connectivity index is 1.78. The first-order valence-electron chi connectivity index (χ1n) is 9.17. The quantitative estimate of drug-likeness (QED) is 0.684. The average Bonchev–Trinajstić information content (AvgIpc) is 3.07. The first-order chi connectivity index (χ1) is 12.9. The number of aryl methyl sites for hydroxylation is 1. The number of rotatable bonds is 9. The molecule has 0 radical (unpaired) electrons. The third-order valence-electron chi connectivity index (χ3n) is 4.27. The van der Waals surface area contributed by atoms with Gasteiger partial charge in [-0.2, -0.15) is 0 Å². The van der Waals surface area contributed by atoms with E-state index in [0.29, 0.717) is 37.2 Å². The van der Waals surface area contributed by atoms with Crippen molar-refractivity contribution in [1.82, 2.24) is 10.2 Å². The van der Waals surface area contributed by atoms with Crippen LogP contribution >= 0.6 is 0 Å². The van der Waals surface area contributed by atoms with Gasteiger partial charge in [0.2, 0.25) is 5.91 Å². The number of furan rings is 1. The lowest BCUT2D eigenvalue weighted by Gasteiger charge is -2.26. The molecule has 0 atom stereocenters. The van der Waals surface area contributed by atoms with E-state index in [4.69, 9.17) is 9.15 Å². The van der Waals surface area contributed by atoms with Crippen molar-refractivity contribution in [2.45, 2.75) is 46.2 Å². The Morgan fingerprint density at radius 2 is 1.85 bits per heavy atom. The average molecular weight is 372 g/mol. The van der Waals surface area contributed by atoms with Crippen LogP contribution in [0.2, 0.25) is 0 Å². The molecule has 1 N–H and O–H groups in total. The molecular formula is C21H28N2O4. The minimum atomic E-state index is -0.156. The van der Waals surface area contributed by atoms with Crippen LogP contribution in [0.1, 0.15) is 48.6 Å². The standard InChI is InChI=1S/C21H28N2O4/c1-15(2)23(14-19-10-7-16(3)27-19)20(24)6-5-13-22-21(25)17-8-11-18(26-4)12-9-17/h7-12,15H,5-6,13-14H2,1-4H3,(H,22,25). The third kappa shape index (κ3) is 6.16. The van der Waals surface area contributed by atoms with Crippen LogP contribution in [0.4, 0.5) is 0 Å². The summed E-state index contributed by atoms with van der Waals surface area (Å²) < 4.78 is 10.7. The van der Waals surface area contributed by atoms with Gasteiger partial charge in [-0.3, -0.25) is 9.59 Å². The van der Waals surface area contributed by atoms with Gasteiger partial charge in [-0.25, -0.2) is 0 Å². The molecule has 27 heavy (non-hydrogen) atoms. The summed E-state index contributed by atoms with van der Waals surface area (Å²) in [5, 5.41) is 2.84. The predicted molar refractivity (Wildman–Crippen MR) is 104 cm³/mol. The van der Waals surface area contributed by atoms with E-state index in [2.05, 4.69) is 5.32 Å². The van der Waals surface area contributed by atoms with Gasteiger partial charge in [-0.1, -0.05) is 0 Å². The summed E-state index contributed by atoms with van der Waals surface area (Å²) in [6.07, 6.45) is 0.960. The number of hydrogen-bond donors (Lipinski definition) is 1. The van der Waals surface area contributed by atoms with Crippen molar-refractivity contribution in [3.05, 3.63) is 53.5 Å². The number of carbonyl (C=O) groups is 2. The lowest BCUT2D eigenvalue weighted by Crippen LogP contribution is -2.36. The highest BCUT2D eigenvalue weighted by Crippen LogP contribution is 2.14. The van der Waals surface area contributed by atoms with Gasteiger partial charge in [-0.15, -0.1) is 0 Å². The van der Waals surface area contributed by atoms with E-state index in [9.17, 15) is 9.59 Å². The SMILES string of the molecule is COc1ccc(C(=O)NCCCC(=O)N(Cc2ccc(C)o2)C(C)C)cc1. The van der Waals surface area contributed by atoms with Gasteiger partial charge in [0.05, 0.1) is 13.7 Å². The van der Waals surface area contributed by atoms with Crippen LogP contribution in [0.5, 0.6) is 5.75 Å². The van der Waals surface area contributed by atoms with E-state index in [0.717, 1.165) is 11.5 Å². The highest BCUT2D eigenvalue weighted by Gasteiger charge is 2.18. The van der Waals surface area contributed by atoms with Crippen molar-refractivity contribution >= 4 is 11.8 Å². The number of methoxy groups -OCH3 is 1. The summed E-state index contributed by atoms with van der Waals surface area (Å²) in [5.74, 6) is 2.22. The number of nitrogens with one attached hydrogen (secondary N) is 1. The molecule has 2 aromatic rings. The summed E-state index contributed by atoms with van der Waals surface area (Å²) in [6.45, 7) is 6.76. The summed E-state index contributed by atoms with van der Waals surface area (Å²) in [6, 6.07) is 10.8. The monoisotopic (exact) mass is 372 g/mol. The zero-order valence-electron chi connectivity index (χ0n) is 16.5. The summed E-state index contributed by atoms with van der Waals surface area (Å²) in [4.78, 5) is 26.4. The van der Waals surface area contributed by atoms with E-state index in [1.165, 1.54) is 0 Å². The van der Waals surface area contributed by atoms with E-state index in [1.807, 2.05) is 32.9 Å². The second-order valence-corrected chi connectivity index (χ2v) is 6.72. The molecule has 146 valence electrons. The second kappa shape index (κ2) is 9.80. The predicted octanol–water partition coefficient (Wildman–Crippen LogP) is 3.54. The molecule has 0 saturated carbocycles. The van der Waals surface area contributed by atoms with Gasteiger partial charge in [0, 0.05) is 24.6 Å². The molecule has 1 aromatic carbocycles. The van der Waals surface area contributed by atoms with Crippen LogP contribution in [0.25, 0.3) is 0 Å². The summed E-state index contributed by atoms with van der Waals surface area (Å²) in [7, 11) is 1.58. The van der Waals surface area contributed by atoms with Gasteiger partial charge in [0.1, 0.15) is 17.3 Å². The molecule has 2 rings (SSSR count). The Labute approximate surface area is 160 Å². The molecule has 6 nitrogen and oxygen atoms in total. The molecule has 0 bridgehead atoms. The second-order valence-electron chi connectivity index (χ2n) is 6.72. The number of carbonyl (C=O) groups excluding carboxylic acids is 2. The fourth-order valence-corrected chi connectivity index (χ4v) is 2.73. The first-order valence-corrected chi connectivity index (χ1v) is 9.17. The van der Waals surface area contributed by atoms with Gasteiger partial charge in [-0.05, 0) is 63.6 Å². The fourth-order valence-electron chi connectivity index (χ4n) is 2.73. The minimum Gasteiger partial charge on any atom is -0.497 e. The Morgan fingerprint density at radius 1 is 1.15 bits per heavy atom.